The molecule has 0 saturated carbocycles. The summed E-state index contributed by atoms with van der Waals surface area (Å²) in [6.07, 6.45) is 1.40. The van der Waals surface area contributed by atoms with E-state index < -0.39 is 0 Å². The van der Waals surface area contributed by atoms with Gasteiger partial charge in [-0.25, -0.2) is 5.43 Å². The largest absolute Gasteiger partial charge is 0.504 e. The first-order valence-electron chi connectivity index (χ1n) is 7.54. The van der Waals surface area contributed by atoms with Gasteiger partial charge in [-0.3, -0.25) is 4.79 Å². The third-order valence-corrected chi connectivity index (χ3v) is 4.53. The number of rotatable bonds is 4. The van der Waals surface area contributed by atoms with Gasteiger partial charge in [0.25, 0.3) is 5.91 Å². The summed E-state index contributed by atoms with van der Waals surface area (Å²) in [6.45, 7) is 2.01. The minimum absolute atomic E-state index is 0.206. The summed E-state index contributed by atoms with van der Waals surface area (Å²) in [5.41, 5.74) is 6.04. The normalized spacial score (nSPS) is 10.9. The number of hydrogen-bond acceptors (Lipinski definition) is 5. The molecule has 0 aliphatic heterocycles. The summed E-state index contributed by atoms with van der Waals surface area (Å²) in [5.74, 6) is -0.748. The Kier molecular flexibility index (Phi) is 4.81. The van der Waals surface area contributed by atoms with E-state index in [0.717, 1.165) is 16.7 Å². The molecule has 0 saturated heterocycles. The van der Waals surface area contributed by atoms with Crippen molar-refractivity contribution >= 4 is 23.5 Å². The number of hydrazone groups is 1. The molecule has 2 aromatic carbocycles. The van der Waals surface area contributed by atoms with Crippen molar-refractivity contribution in [2.75, 3.05) is 0 Å². The molecule has 0 aliphatic carbocycles. The van der Waals surface area contributed by atoms with Gasteiger partial charge < -0.3 is 10.2 Å². The molecule has 0 radical (unpaired) electrons. The van der Waals surface area contributed by atoms with Gasteiger partial charge in [0, 0.05) is 5.56 Å². The van der Waals surface area contributed by atoms with Crippen molar-refractivity contribution in [2.45, 2.75) is 6.92 Å². The Hall–Kier alpha value is -3.12. The summed E-state index contributed by atoms with van der Waals surface area (Å²) in [6, 6.07) is 14.2. The van der Waals surface area contributed by atoms with E-state index in [9.17, 15) is 15.0 Å². The Balaban J connectivity index is 1.74. The van der Waals surface area contributed by atoms with Crippen LogP contribution in [0.2, 0.25) is 0 Å². The monoisotopic (exact) mass is 352 g/mol. The minimum Gasteiger partial charge on any atom is -0.504 e. The number of hydrogen-bond donors (Lipinski definition) is 3. The summed E-state index contributed by atoms with van der Waals surface area (Å²) >= 11 is 1.35. The first-order valence-corrected chi connectivity index (χ1v) is 8.42. The molecule has 0 spiro atoms. The highest BCUT2D eigenvalue weighted by Gasteiger charge is 2.14. The molecule has 1 heterocycles. The Morgan fingerprint density at radius 2 is 1.84 bits per heavy atom. The van der Waals surface area contributed by atoms with Crippen molar-refractivity contribution in [3.63, 3.8) is 0 Å². The number of amides is 1. The summed E-state index contributed by atoms with van der Waals surface area (Å²) < 4.78 is 0. The first kappa shape index (κ1) is 16.7. The second-order valence-corrected chi connectivity index (χ2v) is 6.39. The molecule has 0 fully saturated rings. The standard InChI is InChI=1S/C19H16N2O3S/c1-12-2-5-14(6-3-12)15-8-9-25-18(15)19(24)21-20-11-13-4-7-16(22)17(23)10-13/h2-11,22-23H,1H3,(H,21,24)/b20-11+. The van der Waals surface area contributed by atoms with E-state index in [4.69, 9.17) is 0 Å². The van der Waals surface area contributed by atoms with Crippen molar-refractivity contribution in [3.8, 4) is 22.6 Å². The van der Waals surface area contributed by atoms with Crippen LogP contribution in [0.1, 0.15) is 20.8 Å². The fourth-order valence-corrected chi connectivity index (χ4v) is 3.09. The molecule has 0 atom stereocenters. The molecule has 0 aliphatic rings. The maximum atomic E-state index is 12.4. The fraction of sp³-hybridized carbons (Fsp3) is 0.0526. The average molecular weight is 352 g/mol. The van der Waals surface area contributed by atoms with E-state index in [0.29, 0.717) is 10.4 Å². The van der Waals surface area contributed by atoms with Crippen molar-refractivity contribution in [2.24, 2.45) is 5.10 Å². The maximum absolute atomic E-state index is 12.4. The molecule has 6 heteroatoms. The van der Waals surface area contributed by atoms with Gasteiger partial charge in [-0.15, -0.1) is 11.3 Å². The van der Waals surface area contributed by atoms with Gasteiger partial charge in [-0.2, -0.15) is 5.10 Å². The summed E-state index contributed by atoms with van der Waals surface area (Å²) in [4.78, 5) is 13.0. The van der Waals surface area contributed by atoms with E-state index in [1.165, 1.54) is 29.7 Å². The molecule has 0 bridgehead atoms. The molecule has 0 unspecified atom stereocenters. The molecular weight excluding hydrogens is 336 g/mol. The maximum Gasteiger partial charge on any atom is 0.282 e. The number of aryl methyl sites for hydroxylation is 1. The quantitative estimate of drug-likeness (QED) is 0.378. The number of carbonyl (C=O) groups is 1. The second kappa shape index (κ2) is 7.19. The average Bonchev–Trinajstić information content (AvgIpc) is 3.08. The first-order chi connectivity index (χ1) is 12.0. The number of thiophene rings is 1. The van der Waals surface area contributed by atoms with Gasteiger partial charge in [0.2, 0.25) is 0 Å². The number of carbonyl (C=O) groups excluding carboxylic acids is 1. The van der Waals surface area contributed by atoms with Crippen molar-refractivity contribution in [1.29, 1.82) is 0 Å². The Morgan fingerprint density at radius 1 is 1.08 bits per heavy atom. The van der Waals surface area contributed by atoms with Crippen molar-refractivity contribution < 1.29 is 15.0 Å². The van der Waals surface area contributed by atoms with Crippen LogP contribution < -0.4 is 5.43 Å². The van der Waals surface area contributed by atoms with E-state index in [2.05, 4.69) is 10.5 Å². The smallest absolute Gasteiger partial charge is 0.282 e. The molecule has 5 nitrogen and oxygen atoms in total. The van der Waals surface area contributed by atoms with Crippen LogP contribution in [0.4, 0.5) is 0 Å². The lowest BCUT2D eigenvalue weighted by atomic mass is 10.1. The second-order valence-electron chi connectivity index (χ2n) is 5.48. The highest BCUT2D eigenvalue weighted by atomic mass is 32.1. The number of nitrogens with zero attached hydrogens (tertiary/aromatic N) is 1. The van der Waals surface area contributed by atoms with Crippen LogP contribution in [-0.2, 0) is 0 Å². The van der Waals surface area contributed by atoms with Crippen LogP contribution in [0.5, 0.6) is 11.5 Å². The molecular formula is C19H16N2O3S. The van der Waals surface area contributed by atoms with Crippen LogP contribution >= 0.6 is 11.3 Å². The van der Waals surface area contributed by atoms with E-state index in [1.807, 2.05) is 42.6 Å². The van der Waals surface area contributed by atoms with Gasteiger partial charge in [0.05, 0.1) is 6.21 Å². The van der Waals surface area contributed by atoms with E-state index in [1.54, 1.807) is 6.07 Å². The van der Waals surface area contributed by atoms with Gasteiger partial charge in [0.15, 0.2) is 11.5 Å². The number of nitrogens with one attached hydrogen (secondary N) is 1. The Bertz CT molecular complexity index is 930. The van der Waals surface area contributed by atoms with E-state index in [-0.39, 0.29) is 17.4 Å². The van der Waals surface area contributed by atoms with Crippen LogP contribution in [0.3, 0.4) is 0 Å². The van der Waals surface area contributed by atoms with E-state index >= 15 is 0 Å². The van der Waals surface area contributed by atoms with Crippen LogP contribution in [0.15, 0.2) is 59.0 Å². The highest BCUT2D eigenvalue weighted by molar-refractivity contribution is 7.12. The minimum atomic E-state index is -0.301. The zero-order chi connectivity index (χ0) is 17.8. The van der Waals surface area contributed by atoms with Crippen LogP contribution in [0.25, 0.3) is 11.1 Å². The predicted molar refractivity (Wildman–Crippen MR) is 99.3 cm³/mol. The Morgan fingerprint density at radius 3 is 2.56 bits per heavy atom. The lowest BCUT2D eigenvalue weighted by Crippen LogP contribution is -2.17. The lowest BCUT2D eigenvalue weighted by molar-refractivity contribution is 0.0960. The van der Waals surface area contributed by atoms with Crippen LogP contribution in [-0.4, -0.2) is 22.3 Å². The van der Waals surface area contributed by atoms with Crippen molar-refractivity contribution in [1.82, 2.24) is 5.43 Å². The molecule has 1 amide bonds. The molecule has 1 aromatic heterocycles. The van der Waals surface area contributed by atoms with Gasteiger partial charge in [-0.1, -0.05) is 29.8 Å². The molecule has 126 valence electrons. The van der Waals surface area contributed by atoms with Gasteiger partial charge >= 0.3 is 0 Å². The molecule has 3 aromatic rings. The summed E-state index contributed by atoms with van der Waals surface area (Å²) in [5, 5.41) is 24.5. The Labute approximate surface area is 148 Å². The SMILES string of the molecule is Cc1ccc(-c2ccsc2C(=O)N/N=C/c2ccc(O)c(O)c2)cc1. The summed E-state index contributed by atoms with van der Waals surface area (Å²) in [7, 11) is 0. The van der Waals surface area contributed by atoms with Crippen LogP contribution in [0, 0.1) is 6.92 Å². The third kappa shape index (κ3) is 3.87. The molecule has 3 rings (SSSR count). The lowest BCUT2D eigenvalue weighted by Gasteiger charge is -2.04. The zero-order valence-corrected chi connectivity index (χ0v) is 14.2. The predicted octanol–water partition coefficient (Wildman–Crippen LogP) is 3.90. The fourth-order valence-electron chi connectivity index (χ4n) is 2.28. The topological polar surface area (TPSA) is 81.9 Å². The van der Waals surface area contributed by atoms with Crippen molar-refractivity contribution in [3.05, 3.63) is 69.9 Å². The molecule has 3 N–H and O–H groups in total. The highest BCUT2D eigenvalue weighted by Crippen LogP contribution is 2.28. The van der Waals surface area contributed by atoms with Gasteiger partial charge in [0.1, 0.15) is 4.88 Å². The van der Waals surface area contributed by atoms with Gasteiger partial charge in [-0.05, 0) is 47.7 Å². The number of phenolic OH excluding ortho intramolecular Hbond substituents is 2. The number of aromatic hydroxyl groups is 2. The molecule has 25 heavy (non-hydrogen) atoms. The number of phenols is 2. The zero-order valence-electron chi connectivity index (χ0n) is 13.4. The third-order valence-electron chi connectivity index (χ3n) is 3.61. The number of benzene rings is 2.